The Morgan fingerprint density at radius 3 is 2.65 bits per heavy atom. The molecule has 104 valence electrons. The fraction of sp³-hybridized carbons (Fsp3) is 0.143. The predicted octanol–water partition coefficient (Wildman–Crippen LogP) is 3.03. The molecule has 0 aliphatic rings. The van der Waals surface area contributed by atoms with Crippen LogP contribution in [0.4, 0.5) is 0 Å². The van der Waals surface area contributed by atoms with Gasteiger partial charge >= 0.3 is 0 Å². The summed E-state index contributed by atoms with van der Waals surface area (Å²) in [5, 5.41) is 13.4. The van der Waals surface area contributed by atoms with Crippen molar-refractivity contribution in [2.75, 3.05) is 0 Å². The van der Waals surface area contributed by atoms with Gasteiger partial charge in [0.15, 0.2) is 0 Å². The minimum absolute atomic E-state index is 0.199. The first-order chi connectivity index (χ1) is 9.60. The summed E-state index contributed by atoms with van der Waals surface area (Å²) in [5.41, 5.74) is 4.54. The van der Waals surface area contributed by atoms with Gasteiger partial charge in [0, 0.05) is 10.7 Å². The highest BCUT2D eigenvalue weighted by atomic mass is 79.9. The summed E-state index contributed by atoms with van der Waals surface area (Å²) in [6, 6.07) is 8.37. The highest BCUT2D eigenvalue weighted by Crippen LogP contribution is 2.12. The first-order valence-corrected chi connectivity index (χ1v) is 6.89. The molecule has 0 aliphatic heterocycles. The fourth-order valence-electron chi connectivity index (χ4n) is 1.68. The number of aromatic hydroxyl groups is 1. The van der Waals surface area contributed by atoms with Gasteiger partial charge in [-0.25, -0.2) is 5.43 Å². The van der Waals surface area contributed by atoms with Crippen molar-refractivity contribution in [3.63, 3.8) is 0 Å². The molecule has 2 rings (SSSR count). The molecule has 0 fully saturated rings. The SMILES string of the molecule is CC/C(=N\NC(=O)c1cc(Br)c[nH]1)c1ccc(O)cc1. The van der Waals surface area contributed by atoms with E-state index in [0.29, 0.717) is 12.1 Å². The molecule has 0 bridgehead atoms. The van der Waals surface area contributed by atoms with Crippen molar-refractivity contribution < 1.29 is 9.90 Å². The van der Waals surface area contributed by atoms with Crippen LogP contribution in [0.25, 0.3) is 0 Å². The Kier molecular flexibility index (Phi) is 4.57. The molecular weight excluding hydrogens is 322 g/mol. The number of rotatable bonds is 4. The van der Waals surface area contributed by atoms with Crippen LogP contribution in [0.2, 0.25) is 0 Å². The van der Waals surface area contributed by atoms with Crippen molar-refractivity contribution in [1.29, 1.82) is 0 Å². The van der Waals surface area contributed by atoms with Crippen LogP contribution in [-0.2, 0) is 0 Å². The normalized spacial score (nSPS) is 11.4. The number of hydrogen-bond donors (Lipinski definition) is 3. The van der Waals surface area contributed by atoms with E-state index in [1.807, 2.05) is 6.92 Å². The van der Waals surface area contributed by atoms with E-state index in [2.05, 4.69) is 31.4 Å². The van der Waals surface area contributed by atoms with Crippen LogP contribution in [-0.4, -0.2) is 21.7 Å². The summed E-state index contributed by atoms with van der Waals surface area (Å²) in [6.07, 6.45) is 2.35. The molecule has 20 heavy (non-hydrogen) atoms. The van der Waals surface area contributed by atoms with Gasteiger partial charge in [-0.2, -0.15) is 5.10 Å². The highest BCUT2D eigenvalue weighted by molar-refractivity contribution is 9.10. The number of nitrogens with zero attached hydrogens (tertiary/aromatic N) is 1. The molecule has 0 aliphatic carbocycles. The first-order valence-electron chi connectivity index (χ1n) is 6.10. The third-order valence-corrected chi connectivity index (χ3v) is 3.18. The number of hydrazone groups is 1. The average Bonchev–Trinajstić information content (AvgIpc) is 2.88. The summed E-state index contributed by atoms with van der Waals surface area (Å²) in [5.74, 6) is -0.107. The van der Waals surface area contributed by atoms with Crippen molar-refractivity contribution in [1.82, 2.24) is 10.4 Å². The maximum atomic E-state index is 11.9. The Morgan fingerprint density at radius 1 is 1.40 bits per heavy atom. The first kappa shape index (κ1) is 14.3. The van der Waals surface area contributed by atoms with Crippen LogP contribution in [0.1, 0.15) is 29.4 Å². The number of halogens is 1. The van der Waals surface area contributed by atoms with Crippen molar-refractivity contribution in [3.8, 4) is 5.75 Å². The van der Waals surface area contributed by atoms with Crippen LogP contribution in [0.3, 0.4) is 0 Å². The van der Waals surface area contributed by atoms with Gasteiger partial charge in [0.2, 0.25) is 0 Å². The lowest BCUT2D eigenvalue weighted by Crippen LogP contribution is -2.20. The molecule has 1 heterocycles. The Balaban J connectivity index is 2.11. The summed E-state index contributed by atoms with van der Waals surface area (Å²) in [4.78, 5) is 14.7. The van der Waals surface area contributed by atoms with Gasteiger partial charge in [-0.15, -0.1) is 0 Å². The number of benzene rings is 1. The van der Waals surface area contributed by atoms with Crippen molar-refractivity contribution in [2.24, 2.45) is 5.10 Å². The van der Waals surface area contributed by atoms with Gasteiger partial charge in [-0.3, -0.25) is 4.79 Å². The quantitative estimate of drug-likeness (QED) is 0.593. The number of carbonyl (C=O) groups is 1. The molecule has 5 nitrogen and oxygen atoms in total. The molecule has 1 amide bonds. The van der Waals surface area contributed by atoms with E-state index in [1.165, 1.54) is 0 Å². The molecular formula is C14H14BrN3O2. The van der Waals surface area contributed by atoms with Crippen molar-refractivity contribution in [3.05, 3.63) is 52.3 Å². The van der Waals surface area contributed by atoms with Gasteiger partial charge < -0.3 is 10.1 Å². The smallest absolute Gasteiger partial charge is 0.287 e. The van der Waals surface area contributed by atoms with Gasteiger partial charge in [0.25, 0.3) is 5.91 Å². The summed E-state index contributed by atoms with van der Waals surface area (Å²) in [7, 11) is 0. The number of H-pyrrole nitrogens is 1. The second-order valence-corrected chi connectivity index (χ2v) is 5.05. The number of nitrogens with one attached hydrogen (secondary N) is 2. The molecule has 0 unspecified atom stereocenters. The van der Waals surface area contributed by atoms with E-state index in [4.69, 9.17) is 0 Å². The molecule has 0 spiro atoms. The maximum Gasteiger partial charge on any atom is 0.287 e. The molecule has 0 atom stereocenters. The van der Waals surface area contributed by atoms with Crippen LogP contribution >= 0.6 is 15.9 Å². The van der Waals surface area contributed by atoms with E-state index >= 15 is 0 Å². The second kappa shape index (κ2) is 6.38. The fourth-order valence-corrected chi connectivity index (χ4v) is 2.02. The van der Waals surface area contributed by atoms with Crippen LogP contribution < -0.4 is 5.43 Å². The largest absolute Gasteiger partial charge is 0.508 e. The number of aromatic nitrogens is 1. The van der Waals surface area contributed by atoms with Gasteiger partial charge in [0.1, 0.15) is 11.4 Å². The maximum absolute atomic E-state index is 11.9. The lowest BCUT2D eigenvalue weighted by Gasteiger charge is -2.05. The van der Waals surface area contributed by atoms with Crippen molar-refractivity contribution >= 4 is 27.5 Å². The van der Waals surface area contributed by atoms with E-state index in [1.54, 1.807) is 36.5 Å². The monoisotopic (exact) mass is 335 g/mol. The third kappa shape index (κ3) is 3.48. The van der Waals surface area contributed by atoms with Gasteiger partial charge in [0.05, 0.1) is 5.71 Å². The Hall–Kier alpha value is -2.08. The number of aromatic amines is 1. The van der Waals surface area contributed by atoms with E-state index in [-0.39, 0.29) is 11.7 Å². The van der Waals surface area contributed by atoms with E-state index in [0.717, 1.165) is 15.7 Å². The summed E-state index contributed by atoms with van der Waals surface area (Å²) < 4.78 is 0.806. The van der Waals surface area contributed by atoms with Crippen LogP contribution in [0.5, 0.6) is 5.75 Å². The zero-order chi connectivity index (χ0) is 14.5. The Bertz CT molecular complexity index is 632. The van der Waals surface area contributed by atoms with E-state index < -0.39 is 0 Å². The van der Waals surface area contributed by atoms with Gasteiger partial charge in [-0.1, -0.05) is 6.92 Å². The number of carbonyl (C=O) groups excluding carboxylic acids is 1. The molecule has 6 heteroatoms. The minimum Gasteiger partial charge on any atom is -0.508 e. The number of phenolic OH excluding ortho intramolecular Hbond substituents is 1. The van der Waals surface area contributed by atoms with Crippen molar-refractivity contribution in [2.45, 2.75) is 13.3 Å². The second-order valence-electron chi connectivity index (χ2n) is 4.13. The van der Waals surface area contributed by atoms with E-state index in [9.17, 15) is 9.90 Å². The molecule has 3 N–H and O–H groups in total. The Labute approximate surface area is 124 Å². The topological polar surface area (TPSA) is 77.5 Å². The number of amides is 1. The molecule has 0 saturated carbocycles. The lowest BCUT2D eigenvalue weighted by atomic mass is 10.1. The lowest BCUT2D eigenvalue weighted by molar-refractivity contribution is 0.0950. The standard InChI is InChI=1S/C14H14BrN3O2/c1-2-12(9-3-5-11(19)6-4-9)17-18-14(20)13-7-10(15)8-16-13/h3-8,16,19H,2H2,1H3,(H,18,20)/b17-12+. The predicted molar refractivity (Wildman–Crippen MR) is 80.9 cm³/mol. The van der Waals surface area contributed by atoms with Crippen LogP contribution in [0.15, 0.2) is 46.1 Å². The summed E-state index contributed by atoms with van der Waals surface area (Å²) >= 11 is 3.27. The highest BCUT2D eigenvalue weighted by Gasteiger charge is 2.08. The molecule has 2 aromatic rings. The molecule has 0 radical (unpaired) electrons. The number of phenols is 1. The van der Waals surface area contributed by atoms with Gasteiger partial charge in [-0.05, 0) is 58.2 Å². The third-order valence-electron chi connectivity index (χ3n) is 2.72. The number of hydrogen-bond acceptors (Lipinski definition) is 3. The van der Waals surface area contributed by atoms with Crippen LogP contribution in [0, 0.1) is 0 Å². The Morgan fingerprint density at radius 2 is 2.10 bits per heavy atom. The zero-order valence-corrected chi connectivity index (χ0v) is 12.4. The summed E-state index contributed by atoms with van der Waals surface area (Å²) in [6.45, 7) is 1.95. The zero-order valence-electron chi connectivity index (χ0n) is 10.9. The molecule has 1 aromatic heterocycles. The average molecular weight is 336 g/mol. The molecule has 0 saturated heterocycles. The molecule has 1 aromatic carbocycles. The minimum atomic E-state index is -0.305.